The van der Waals surface area contributed by atoms with Gasteiger partial charge in [-0.25, -0.2) is 0 Å². The maximum absolute atomic E-state index is 7.34. The van der Waals surface area contributed by atoms with Gasteiger partial charge in [0.05, 0.1) is 12.2 Å². The van der Waals surface area contributed by atoms with Gasteiger partial charge in [0.15, 0.2) is 25.0 Å². The van der Waals surface area contributed by atoms with Crippen molar-refractivity contribution < 1.29 is 13.3 Å². The van der Waals surface area contributed by atoms with E-state index in [0.717, 1.165) is 25.7 Å². The zero-order valence-electron chi connectivity index (χ0n) is 31.7. The van der Waals surface area contributed by atoms with Crippen molar-refractivity contribution in [3.63, 3.8) is 0 Å². The predicted molar refractivity (Wildman–Crippen MR) is 197 cm³/mol. The Bertz CT molecular complexity index is 741. The topological polar surface area (TPSA) is 27.7 Å². The molecule has 0 aromatic carbocycles. The molecule has 0 aliphatic heterocycles. The van der Waals surface area contributed by atoms with Gasteiger partial charge in [0.2, 0.25) is 0 Å². The molecule has 3 nitrogen and oxygen atoms in total. The van der Waals surface area contributed by atoms with Crippen molar-refractivity contribution in [2.45, 2.75) is 219 Å². The van der Waals surface area contributed by atoms with E-state index in [1.807, 2.05) is 6.08 Å². The Kier molecular flexibility index (Phi) is 17.9. The van der Waals surface area contributed by atoms with Gasteiger partial charge in [-0.05, 0) is 80.1 Å². The lowest BCUT2D eigenvalue weighted by Crippen LogP contribution is -2.52. The highest BCUT2D eigenvalue weighted by molar-refractivity contribution is 6.75. The molecule has 0 saturated carbocycles. The Labute approximate surface area is 269 Å². The third-order valence-electron chi connectivity index (χ3n) is 10.7. The van der Waals surface area contributed by atoms with Crippen LogP contribution < -0.4 is 0 Å². The molecule has 0 amide bonds. The molecule has 0 aromatic rings. The highest BCUT2D eigenvalue weighted by Crippen LogP contribution is 2.43. The number of hydrogen-bond donors (Lipinski definition) is 0. The highest BCUT2D eigenvalue weighted by Gasteiger charge is 2.45. The summed E-state index contributed by atoms with van der Waals surface area (Å²) in [6.07, 6.45) is 17.1. The van der Waals surface area contributed by atoms with Crippen molar-refractivity contribution in [3.05, 3.63) is 12.7 Å². The first-order valence-corrected chi connectivity index (χ1v) is 26.3. The van der Waals surface area contributed by atoms with E-state index in [0.29, 0.717) is 0 Å². The molecule has 0 heterocycles. The minimum Gasteiger partial charge on any atom is -0.414 e. The first-order valence-electron chi connectivity index (χ1n) is 17.6. The van der Waals surface area contributed by atoms with Gasteiger partial charge in [0.1, 0.15) is 0 Å². The van der Waals surface area contributed by atoms with Gasteiger partial charge in [-0.15, -0.1) is 6.58 Å². The van der Waals surface area contributed by atoms with Crippen LogP contribution in [-0.4, -0.2) is 43.3 Å². The number of rotatable bonds is 21. The van der Waals surface area contributed by atoms with Crippen molar-refractivity contribution in [1.82, 2.24) is 0 Å². The van der Waals surface area contributed by atoms with Crippen molar-refractivity contribution in [2.24, 2.45) is 0 Å². The summed E-state index contributed by atoms with van der Waals surface area (Å²) in [6, 6.07) is 0. The summed E-state index contributed by atoms with van der Waals surface area (Å²) in [7, 11) is -5.88. The Morgan fingerprint density at radius 1 is 0.524 bits per heavy atom. The molecular weight excluding hydrogens is 565 g/mol. The summed E-state index contributed by atoms with van der Waals surface area (Å²) in [4.78, 5) is 0. The normalized spacial score (nSPS) is 16.4. The average molecular weight is 643 g/mol. The summed E-state index contributed by atoms with van der Waals surface area (Å²) < 4.78 is 21.6. The standard InChI is InChI=1S/C36H78O3Si3/c1-18-20-21-22-23-24-25-26-28-32(38-41(14,15)35(6,7)8)33(39-42(16,17)36(9,10)11)30-29-31(27-19-2)37-40(12,13)34(3,4)5/h19,31-33H,2,18,20-30H2,1,3-17H3/t31-,32-,33-/m0/s1. The molecule has 0 aromatic heterocycles. The quantitative estimate of drug-likeness (QED) is 0.0708. The molecule has 0 rings (SSSR count). The Morgan fingerprint density at radius 3 is 1.26 bits per heavy atom. The Balaban J connectivity index is 6.11. The van der Waals surface area contributed by atoms with Crippen molar-refractivity contribution in [1.29, 1.82) is 0 Å². The summed E-state index contributed by atoms with van der Waals surface area (Å²) in [5.74, 6) is 0. The van der Waals surface area contributed by atoms with Gasteiger partial charge in [-0.3, -0.25) is 0 Å². The van der Waals surface area contributed by atoms with E-state index in [2.05, 4.69) is 115 Å². The van der Waals surface area contributed by atoms with Crippen LogP contribution in [0.5, 0.6) is 0 Å². The SMILES string of the molecule is C=CC[C@@H](CC[C@H](O[Si](C)(C)C(C)(C)C)[C@H](CCCCCCCCCC)O[Si](C)(C)C(C)(C)C)O[Si](C)(C)C(C)(C)C. The van der Waals surface area contributed by atoms with E-state index < -0.39 is 25.0 Å². The van der Waals surface area contributed by atoms with Crippen LogP contribution in [0.25, 0.3) is 0 Å². The van der Waals surface area contributed by atoms with Crippen LogP contribution in [0.4, 0.5) is 0 Å². The predicted octanol–water partition coefficient (Wildman–Crippen LogP) is 13.0. The van der Waals surface area contributed by atoms with E-state index in [4.69, 9.17) is 13.3 Å². The molecule has 0 fully saturated rings. The van der Waals surface area contributed by atoms with Crippen LogP contribution in [0.15, 0.2) is 12.7 Å². The van der Waals surface area contributed by atoms with Gasteiger partial charge in [0.25, 0.3) is 0 Å². The van der Waals surface area contributed by atoms with E-state index in [-0.39, 0.29) is 33.4 Å². The summed E-state index contributed by atoms with van der Waals surface area (Å²) >= 11 is 0. The zero-order chi connectivity index (χ0) is 33.0. The lowest BCUT2D eigenvalue weighted by Gasteiger charge is -2.46. The molecule has 0 bridgehead atoms. The second kappa shape index (κ2) is 17.8. The first-order chi connectivity index (χ1) is 18.9. The molecule has 0 unspecified atom stereocenters. The molecule has 6 heteroatoms. The fraction of sp³-hybridized carbons (Fsp3) is 0.944. The summed E-state index contributed by atoms with van der Waals surface area (Å²) in [5.41, 5.74) is 0. The van der Waals surface area contributed by atoms with Crippen molar-refractivity contribution >= 4 is 25.0 Å². The second-order valence-electron chi connectivity index (χ2n) is 17.7. The van der Waals surface area contributed by atoms with Crippen LogP contribution in [0.3, 0.4) is 0 Å². The van der Waals surface area contributed by atoms with E-state index >= 15 is 0 Å². The molecule has 0 N–H and O–H groups in total. The molecule has 3 atom stereocenters. The van der Waals surface area contributed by atoms with E-state index in [9.17, 15) is 0 Å². The molecule has 0 aliphatic carbocycles. The fourth-order valence-electron chi connectivity index (χ4n) is 4.59. The fourth-order valence-corrected chi connectivity index (χ4v) is 8.75. The van der Waals surface area contributed by atoms with Gasteiger partial charge in [0, 0.05) is 6.10 Å². The minimum absolute atomic E-state index is 0.0971. The number of unbranched alkanes of at least 4 members (excludes halogenated alkanes) is 7. The van der Waals surface area contributed by atoms with Gasteiger partial charge in [-0.1, -0.05) is 127 Å². The minimum atomic E-state index is -2.01. The Hall–Kier alpha value is 0.271. The van der Waals surface area contributed by atoms with Gasteiger partial charge >= 0.3 is 0 Å². The molecule has 42 heavy (non-hydrogen) atoms. The van der Waals surface area contributed by atoms with Crippen LogP contribution in [-0.2, 0) is 13.3 Å². The lowest BCUT2D eigenvalue weighted by atomic mass is 9.99. The highest BCUT2D eigenvalue weighted by atomic mass is 28.4. The molecule has 0 spiro atoms. The van der Waals surface area contributed by atoms with E-state index in [1.54, 1.807) is 0 Å². The second-order valence-corrected chi connectivity index (χ2v) is 32.0. The molecule has 0 radical (unpaired) electrons. The van der Waals surface area contributed by atoms with Crippen LogP contribution >= 0.6 is 0 Å². The monoisotopic (exact) mass is 643 g/mol. The number of hydrogen-bond acceptors (Lipinski definition) is 3. The van der Waals surface area contributed by atoms with Crippen LogP contribution in [0.2, 0.25) is 54.4 Å². The summed E-state index contributed by atoms with van der Waals surface area (Å²) in [5, 5.41) is 0.514. The summed E-state index contributed by atoms with van der Waals surface area (Å²) in [6.45, 7) is 42.0. The van der Waals surface area contributed by atoms with Gasteiger partial charge < -0.3 is 13.3 Å². The lowest BCUT2D eigenvalue weighted by molar-refractivity contribution is 0.0158. The molecule has 252 valence electrons. The molecule has 0 aliphatic rings. The third-order valence-corrected chi connectivity index (χ3v) is 24.3. The molecular formula is C36H78O3Si3. The zero-order valence-corrected chi connectivity index (χ0v) is 34.7. The Morgan fingerprint density at radius 2 is 0.881 bits per heavy atom. The molecule has 0 saturated heterocycles. The smallest absolute Gasteiger partial charge is 0.192 e. The average Bonchev–Trinajstić information content (AvgIpc) is 2.80. The van der Waals surface area contributed by atoms with E-state index in [1.165, 1.54) is 51.4 Å². The van der Waals surface area contributed by atoms with Crippen LogP contribution in [0, 0.1) is 0 Å². The maximum Gasteiger partial charge on any atom is 0.192 e. The first kappa shape index (κ1) is 42.3. The van der Waals surface area contributed by atoms with Gasteiger partial charge in [-0.2, -0.15) is 0 Å². The third kappa shape index (κ3) is 15.0. The van der Waals surface area contributed by atoms with Crippen molar-refractivity contribution in [3.8, 4) is 0 Å². The van der Waals surface area contributed by atoms with Crippen molar-refractivity contribution in [2.75, 3.05) is 0 Å². The largest absolute Gasteiger partial charge is 0.414 e. The maximum atomic E-state index is 7.34. The van der Waals surface area contributed by atoms with Crippen LogP contribution in [0.1, 0.15) is 146 Å².